The lowest BCUT2D eigenvalue weighted by molar-refractivity contribution is 0.625. The number of halogens is 3. The van der Waals surface area contributed by atoms with Crippen LogP contribution in [0.4, 0.5) is 4.39 Å². The zero-order valence-electron chi connectivity index (χ0n) is 9.01. The Labute approximate surface area is 110 Å². The summed E-state index contributed by atoms with van der Waals surface area (Å²) < 4.78 is 13.0. The lowest BCUT2D eigenvalue weighted by Crippen LogP contribution is -1.92. The van der Waals surface area contributed by atoms with Crippen molar-refractivity contribution >= 4 is 23.2 Å². The Hall–Kier alpha value is -1.05. The number of hydrogen-bond donors (Lipinski definition) is 0. The highest BCUT2D eigenvalue weighted by Gasteiger charge is 2.01. The molecule has 0 N–H and O–H groups in total. The van der Waals surface area contributed by atoms with Gasteiger partial charge in [0.05, 0.1) is 10.0 Å². The van der Waals surface area contributed by atoms with Crippen LogP contribution >= 0.6 is 23.2 Å². The highest BCUT2D eigenvalue weighted by Crippen LogP contribution is 2.19. The Kier molecular flexibility index (Phi) is 4.03. The molecule has 1 radical (unpaired) electrons. The number of aryl methyl sites for hydroxylation is 2. The quantitative estimate of drug-likeness (QED) is 0.755. The van der Waals surface area contributed by atoms with Crippen molar-refractivity contribution in [2.45, 2.75) is 12.8 Å². The lowest BCUT2D eigenvalue weighted by atomic mass is 10.0. The van der Waals surface area contributed by atoms with E-state index in [1.54, 1.807) is 6.07 Å². The summed E-state index contributed by atoms with van der Waals surface area (Å²) in [6, 6.07) is 13.0. The van der Waals surface area contributed by atoms with Gasteiger partial charge in [-0.1, -0.05) is 35.3 Å². The van der Waals surface area contributed by atoms with Gasteiger partial charge in [0.15, 0.2) is 0 Å². The minimum absolute atomic E-state index is 0.208. The van der Waals surface area contributed by atoms with Crippen molar-refractivity contribution in [2.75, 3.05) is 0 Å². The third kappa shape index (κ3) is 3.72. The molecular weight excluding hydrogens is 258 g/mol. The summed E-state index contributed by atoms with van der Waals surface area (Å²) in [6.45, 7) is 0. The van der Waals surface area contributed by atoms with Crippen LogP contribution in [0.5, 0.6) is 0 Å². The van der Waals surface area contributed by atoms with Crippen molar-refractivity contribution in [3.05, 3.63) is 69.5 Å². The maximum atomic E-state index is 13.0. The van der Waals surface area contributed by atoms with Gasteiger partial charge < -0.3 is 0 Å². The molecule has 2 aromatic rings. The van der Waals surface area contributed by atoms with Gasteiger partial charge in [-0.15, -0.1) is 0 Å². The van der Waals surface area contributed by atoms with Crippen LogP contribution in [0.3, 0.4) is 0 Å². The van der Waals surface area contributed by atoms with Gasteiger partial charge in [-0.25, -0.2) is 4.39 Å². The normalized spacial score (nSPS) is 10.5. The predicted octanol–water partition coefficient (Wildman–Crippen LogP) is 4.72. The minimum Gasteiger partial charge on any atom is -0.207 e. The number of benzene rings is 2. The second-order valence-electron chi connectivity index (χ2n) is 3.81. The summed E-state index contributed by atoms with van der Waals surface area (Å²) >= 11 is 11.7. The first kappa shape index (κ1) is 12.4. The first-order valence-electron chi connectivity index (χ1n) is 5.25. The Morgan fingerprint density at radius 2 is 1.59 bits per heavy atom. The van der Waals surface area contributed by atoms with Gasteiger partial charge in [0.2, 0.25) is 0 Å². The van der Waals surface area contributed by atoms with Crippen LogP contribution in [0, 0.1) is 11.9 Å². The maximum Gasteiger partial charge on any atom is 0.123 e. The van der Waals surface area contributed by atoms with Gasteiger partial charge in [0.25, 0.3) is 0 Å². The molecule has 0 fully saturated rings. The van der Waals surface area contributed by atoms with Gasteiger partial charge in [-0.3, -0.25) is 0 Å². The van der Waals surface area contributed by atoms with E-state index in [4.69, 9.17) is 23.2 Å². The molecule has 0 nitrogen and oxygen atoms in total. The van der Waals surface area contributed by atoms with E-state index in [9.17, 15) is 4.39 Å². The summed E-state index contributed by atoms with van der Waals surface area (Å²) in [5.74, 6) is -0.208. The van der Waals surface area contributed by atoms with Crippen LogP contribution in [-0.4, -0.2) is 0 Å². The molecule has 0 amide bonds. The molecule has 0 heterocycles. The zero-order valence-corrected chi connectivity index (χ0v) is 10.5. The molecule has 0 saturated heterocycles. The van der Waals surface area contributed by atoms with E-state index in [-0.39, 0.29) is 5.82 Å². The Morgan fingerprint density at radius 3 is 2.24 bits per heavy atom. The van der Waals surface area contributed by atoms with Crippen LogP contribution < -0.4 is 0 Å². The summed E-state index contributed by atoms with van der Waals surface area (Å²) in [7, 11) is 0. The van der Waals surface area contributed by atoms with Crippen molar-refractivity contribution in [2.24, 2.45) is 0 Å². The molecule has 0 spiro atoms. The van der Waals surface area contributed by atoms with Gasteiger partial charge in [-0.05, 0) is 48.2 Å². The average Bonchev–Trinajstić information content (AvgIpc) is 2.25. The molecule has 0 unspecified atom stereocenters. The molecule has 0 bridgehead atoms. The van der Waals surface area contributed by atoms with Crippen LogP contribution in [0.2, 0.25) is 10.0 Å². The summed E-state index contributed by atoms with van der Waals surface area (Å²) in [4.78, 5) is 0. The number of rotatable bonds is 3. The van der Waals surface area contributed by atoms with E-state index in [0.717, 1.165) is 24.0 Å². The summed E-state index contributed by atoms with van der Waals surface area (Å²) in [5, 5.41) is 1.01. The van der Waals surface area contributed by atoms with Gasteiger partial charge >= 0.3 is 0 Å². The summed E-state index contributed by atoms with van der Waals surface area (Å²) in [6.07, 6.45) is 1.53. The van der Waals surface area contributed by atoms with Gasteiger partial charge in [0.1, 0.15) is 5.82 Å². The fraction of sp³-hybridized carbons (Fsp3) is 0.143. The molecule has 2 rings (SSSR count). The molecule has 0 aliphatic rings. The molecule has 0 aromatic heterocycles. The lowest BCUT2D eigenvalue weighted by Gasteiger charge is -2.03. The standard InChI is InChI=1S/C14H10Cl2F/c15-12-6-11(7-13(16)9-12)5-4-10-2-1-3-14(17)8-10/h1-3,6-8H,4-5H2. The van der Waals surface area contributed by atoms with E-state index in [1.165, 1.54) is 12.1 Å². The van der Waals surface area contributed by atoms with Crippen molar-refractivity contribution in [3.63, 3.8) is 0 Å². The second kappa shape index (κ2) is 5.52. The van der Waals surface area contributed by atoms with E-state index in [0.29, 0.717) is 10.0 Å². The summed E-state index contributed by atoms with van der Waals surface area (Å²) in [5.41, 5.74) is 1.99. The Morgan fingerprint density at radius 1 is 0.941 bits per heavy atom. The van der Waals surface area contributed by atoms with Crippen molar-refractivity contribution in [3.8, 4) is 0 Å². The van der Waals surface area contributed by atoms with E-state index in [1.807, 2.05) is 18.2 Å². The monoisotopic (exact) mass is 267 g/mol. The molecule has 0 aliphatic carbocycles. The van der Waals surface area contributed by atoms with Gasteiger partial charge in [0, 0.05) is 6.07 Å². The first-order chi connectivity index (χ1) is 8.13. The minimum atomic E-state index is -0.208. The highest BCUT2D eigenvalue weighted by molar-refractivity contribution is 6.34. The third-order valence-electron chi connectivity index (χ3n) is 2.45. The fourth-order valence-corrected chi connectivity index (χ4v) is 2.21. The third-order valence-corrected chi connectivity index (χ3v) is 2.86. The molecule has 2 aromatic carbocycles. The molecule has 3 heteroatoms. The Balaban J connectivity index is 2.07. The molecule has 0 saturated carbocycles. The molecule has 87 valence electrons. The number of hydrogen-bond acceptors (Lipinski definition) is 0. The average molecular weight is 268 g/mol. The Bertz CT molecular complexity index is 503. The topological polar surface area (TPSA) is 0 Å². The SMILES string of the molecule is Fc1cccc(CCc2cc(Cl)[c]c(Cl)c2)c1. The van der Waals surface area contributed by atoms with Crippen molar-refractivity contribution in [1.29, 1.82) is 0 Å². The van der Waals surface area contributed by atoms with Crippen molar-refractivity contribution < 1.29 is 4.39 Å². The van der Waals surface area contributed by atoms with Crippen LogP contribution in [-0.2, 0) is 12.8 Å². The first-order valence-corrected chi connectivity index (χ1v) is 6.01. The van der Waals surface area contributed by atoms with E-state index in [2.05, 4.69) is 6.07 Å². The fourth-order valence-electron chi connectivity index (χ4n) is 1.68. The second-order valence-corrected chi connectivity index (χ2v) is 4.63. The van der Waals surface area contributed by atoms with E-state index >= 15 is 0 Å². The highest BCUT2D eigenvalue weighted by atomic mass is 35.5. The van der Waals surface area contributed by atoms with Crippen LogP contribution in [0.1, 0.15) is 11.1 Å². The maximum absolute atomic E-state index is 13.0. The molecule has 0 atom stereocenters. The molecular formula is C14H10Cl2F. The molecule has 17 heavy (non-hydrogen) atoms. The van der Waals surface area contributed by atoms with Gasteiger partial charge in [-0.2, -0.15) is 0 Å². The van der Waals surface area contributed by atoms with Crippen LogP contribution in [0.15, 0.2) is 36.4 Å². The smallest absolute Gasteiger partial charge is 0.123 e. The van der Waals surface area contributed by atoms with E-state index < -0.39 is 0 Å². The molecule has 0 aliphatic heterocycles. The van der Waals surface area contributed by atoms with Crippen LogP contribution in [0.25, 0.3) is 0 Å². The largest absolute Gasteiger partial charge is 0.207 e. The van der Waals surface area contributed by atoms with Crippen molar-refractivity contribution in [1.82, 2.24) is 0 Å². The predicted molar refractivity (Wildman–Crippen MR) is 69.1 cm³/mol. The zero-order chi connectivity index (χ0) is 12.3.